The molecule has 5 amide bonds. The summed E-state index contributed by atoms with van der Waals surface area (Å²) in [6, 6.07) is -8.36. The van der Waals surface area contributed by atoms with E-state index in [1.165, 1.54) is 46.6 Å². The van der Waals surface area contributed by atoms with Gasteiger partial charge in [0, 0.05) is 41.2 Å². The zero-order valence-electron chi connectivity index (χ0n) is 57.6. The molecule has 0 aromatic carbocycles. The Hall–Kier alpha value is -3.91. The molecule has 6 rings (SSSR count). The fraction of sp³-hybridized carbons (Fsp3) is 0.891. The van der Waals surface area contributed by atoms with Crippen molar-refractivity contribution in [3.63, 3.8) is 0 Å². The Kier molecular flexibility index (Phi) is 34.3. The second-order valence-corrected chi connectivity index (χ2v) is 26.5. The van der Waals surface area contributed by atoms with Gasteiger partial charge in [-0.3, -0.25) is 24.0 Å². The van der Waals surface area contributed by atoms with Crippen LogP contribution in [0.4, 0.5) is 0 Å². The van der Waals surface area contributed by atoms with E-state index in [0.29, 0.717) is 6.42 Å². The van der Waals surface area contributed by atoms with Gasteiger partial charge < -0.3 is 150 Å². The normalized spacial score (nSPS) is 40.4. The van der Waals surface area contributed by atoms with Crippen molar-refractivity contribution >= 4 is 29.5 Å². The second-order valence-electron chi connectivity index (χ2n) is 26.5. The summed E-state index contributed by atoms with van der Waals surface area (Å²) in [7, 11) is 1.22. The molecular weight excluding hydrogens is 1320 g/mol. The van der Waals surface area contributed by atoms with E-state index in [4.69, 9.17) is 56.8 Å². The molecule has 35 nitrogen and oxygen atoms in total. The van der Waals surface area contributed by atoms with Crippen molar-refractivity contribution in [3.8, 4) is 0 Å². The first-order chi connectivity index (χ1) is 47.1. The maximum atomic E-state index is 13.5. The zero-order valence-corrected chi connectivity index (χ0v) is 57.6. The lowest BCUT2D eigenvalue weighted by molar-refractivity contribution is -0.369. The van der Waals surface area contributed by atoms with Crippen LogP contribution in [0.25, 0.3) is 0 Å². The number of aliphatic hydroxyl groups excluding tert-OH is 12. The van der Waals surface area contributed by atoms with Crippen molar-refractivity contribution < 1.29 is 147 Å². The zero-order chi connectivity index (χ0) is 73.0. The van der Waals surface area contributed by atoms with Gasteiger partial charge in [0.25, 0.3) is 0 Å². The van der Waals surface area contributed by atoms with Crippen LogP contribution in [0.3, 0.4) is 0 Å². The first kappa shape index (κ1) is 84.0. The van der Waals surface area contributed by atoms with Gasteiger partial charge in [0.2, 0.25) is 29.5 Å². The van der Waals surface area contributed by atoms with Crippen LogP contribution in [0, 0.1) is 0 Å². The van der Waals surface area contributed by atoms with Crippen LogP contribution in [0.5, 0.6) is 0 Å². The number of methoxy groups -OCH3 is 1. The number of carbonyl (C=O) groups is 5. The first-order valence-corrected chi connectivity index (χ1v) is 34.4. The Labute approximate surface area is 575 Å². The van der Waals surface area contributed by atoms with Crippen LogP contribution >= 0.6 is 0 Å². The number of allylic oxidation sites excluding steroid dienone is 2. The highest BCUT2D eigenvalue weighted by molar-refractivity contribution is 5.76. The maximum absolute atomic E-state index is 13.5. The molecule has 0 aromatic rings. The molecule has 0 spiro atoms. The molecule has 6 heterocycles. The molecular formula is C64H111N5O30. The Morgan fingerprint density at radius 1 is 0.434 bits per heavy atom. The molecule has 0 bridgehead atoms. The summed E-state index contributed by atoms with van der Waals surface area (Å²) < 4.78 is 72.2. The number of carbonyl (C=O) groups excluding carboxylic acids is 5. The van der Waals surface area contributed by atoms with Crippen LogP contribution < -0.4 is 26.6 Å². The molecule has 0 aromatic heterocycles. The molecule has 0 radical (unpaired) electrons. The van der Waals surface area contributed by atoms with Gasteiger partial charge in [-0.25, -0.2) is 0 Å². The minimum atomic E-state index is -2.05. The molecule has 35 heteroatoms. The molecule has 6 saturated heterocycles. The van der Waals surface area contributed by atoms with Crippen LogP contribution in [0.15, 0.2) is 12.2 Å². The molecule has 12 unspecified atom stereocenters. The van der Waals surface area contributed by atoms with E-state index in [-0.39, 0.29) is 6.42 Å². The van der Waals surface area contributed by atoms with Gasteiger partial charge in [-0.05, 0) is 46.0 Å². The maximum Gasteiger partial charge on any atom is 0.220 e. The molecule has 6 aliphatic rings. The van der Waals surface area contributed by atoms with Crippen molar-refractivity contribution in [1.29, 1.82) is 0 Å². The largest absolute Gasteiger partial charge is 0.394 e. The molecule has 30 atom stereocenters. The summed E-state index contributed by atoms with van der Waals surface area (Å²) in [6.45, 7) is 4.69. The highest BCUT2D eigenvalue weighted by atomic mass is 16.8. The van der Waals surface area contributed by atoms with Crippen molar-refractivity contribution in [1.82, 2.24) is 26.6 Å². The number of rotatable bonds is 36. The average Bonchev–Trinajstić information content (AvgIpc) is 0.773. The third-order valence-corrected chi connectivity index (χ3v) is 18.8. The number of unbranched alkanes of at least 4 members (excludes halogenated alkanes) is 11. The highest BCUT2D eigenvalue weighted by Crippen LogP contribution is 2.38. The van der Waals surface area contributed by atoms with E-state index in [1.807, 2.05) is 0 Å². The van der Waals surface area contributed by atoms with Crippen molar-refractivity contribution in [3.05, 3.63) is 12.2 Å². The minimum Gasteiger partial charge on any atom is -0.394 e. The summed E-state index contributed by atoms with van der Waals surface area (Å²) in [5, 5.41) is 159. The Bertz CT molecular complexity index is 2500. The van der Waals surface area contributed by atoms with Gasteiger partial charge in [-0.15, -0.1) is 0 Å². The van der Waals surface area contributed by atoms with E-state index in [2.05, 4.69) is 45.7 Å². The van der Waals surface area contributed by atoms with Crippen LogP contribution in [-0.4, -0.2) is 319 Å². The lowest BCUT2D eigenvalue weighted by Crippen LogP contribution is -2.72. The van der Waals surface area contributed by atoms with Crippen LogP contribution in [-0.2, 0) is 80.8 Å². The second kappa shape index (κ2) is 40.4. The van der Waals surface area contributed by atoms with Gasteiger partial charge in [0.15, 0.2) is 37.7 Å². The van der Waals surface area contributed by atoms with Gasteiger partial charge in [-0.1, -0.05) is 70.4 Å². The molecule has 99 heavy (non-hydrogen) atoms. The first-order valence-electron chi connectivity index (χ1n) is 34.4. The van der Waals surface area contributed by atoms with E-state index in [1.54, 1.807) is 0 Å². The standard InChI is InChI=1S/C64H111N5O30/c1-9-10-11-12-13-14-15-16-17-18-19-20-21-22-23-24-40(78)69-42-47(80)46(79)35(25-70)92-59(42)96-52-36(26-71)93-60(43(49(52)82)66-32(4)75)97-53-37(27-72)94-61(44(50(53)83)67-33(5)76)98-54-38(28-73)95-62(45(51(54)84)68-34(6)77)99-55-39(91-58(86)41(48(55)81)65-31(3)74)29-89-63-56(88-8)57(85)64(7,87)30(2)90-63/h14-15,30,35-39,41-63,70-73,79-87H,9-13,16-29H2,1-8H3,(H,65,74)(H,66,75)(H,67,76)(H,68,77)(H,69,78)/b15-14-/t30?,35?,36?,37?,38?,39?,41?,42?,43?,44?,45?,46-,47-,48-,49-,50-,51-,52-,53-,54-,55-,56?,57+,58-,59+,60+,61+,62+,63-,64-/m1/s1. The molecule has 572 valence electrons. The third kappa shape index (κ3) is 22.6. The van der Waals surface area contributed by atoms with Crippen LogP contribution in [0.1, 0.15) is 138 Å². The number of hydrogen-bond acceptors (Lipinski definition) is 30. The summed E-state index contributed by atoms with van der Waals surface area (Å²) in [6.07, 6.45) is -23.6. The van der Waals surface area contributed by atoms with Gasteiger partial charge in [0.05, 0.1) is 39.1 Å². The molecule has 0 aliphatic carbocycles. The smallest absolute Gasteiger partial charge is 0.220 e. The summed E-state index contributed by atoms with van der Waals surface area (Å²) >= 11 is 0. The van der Waals surface area contributed by atoms with Crippen LogP contribution in [0.2, 0.25) is 0 Å². The number of amides is 5. The number of nitrogens with one attached hydrogen (secondary N) is 5. The lowest BCUT2D eigenvalue weighted by Gasteiger charge is -2.51. The summed E-state index contributed by atoms with van der Waals surface area (Å²) in [5.74, 6) is -3.71. The van der Waals surface area contributed by atoms with Gasteiger partial charge in [-0.2, -0.15) is 0 Å². The fourth-order valence-corrected chi connectivity index (χ4v) is 13.1. The lowest BCUT2D eigenvalue weighted by atomic mass is 9.86. The van der Waals surface area contributed by atoms with Gasteiger partial charge >= 0.3 is 0 Å². The fourth-order valence-electron chi connectivity index (χ4n) is 13.1. The summed E-state index contributed by atoms with van der Waals surface area (Å²) in [5.41, 5.74) is -1.80. The molecule has 0 saturated carbocycles. The van der Waals surface area contributed by atoms with E-state index >= 15 is 0 Å². The minimum absolute atomic E-state index is 0.0165. The monoisotopic (exact) mass is 1430 g/mol. The van der Waals surface area contributed by atoms with Gasteiger partial charge in [0.1, 0.15) is 140 Å². The van der Waals surface area contributed by atoms with Crippen molar-refractivity contribution in [2.75, 3.05) is 40.1 Å². The SMILES string of the molecule is CCCCCC/C=C\CCCCCCCCCC(=O)NC1[C@H](O[C@@H]2C(CO)O[C@@H](O[C@@H]3C(CO)O[C@@H](O[C@@H]4C(CO)O[C@@H](O[C@@H]5C(CO[C@@H]6OC(C)[C@@](C)(O)[C@@H](O)C6OC)O[C@@H](O)C(NC(C)=O)[C@H]5O)C(NC(C)=O)[C@H]4O)C(NC(C)=O)[C@H]3O)C(NC(C)=O)[C@H]2O)OC(CO)[C@@H](O)[C@@H]1O. The quantitative estimate of drug-likeness (QED) is 0.0206. The average molecular weight is 1430 g/mol. The Morgan fingerprint density at radius 2 is 0.798 bits per heavy atom. The topological polar surface area (TPSA) is 519 Å². The summed E-state index contributed by atoms with van der Waals surface area (Å²) in [4.78, 5) is 64.6. The third-order valence-electron chi connectivity index (χ3n) is 18.8. The predicted octanol–water partition coefficient (Wildman–Crippen LogP) is -5.29. The number of aliphatic hydroxyl groups is 13. The van der Waals surface area contributed by atoms with E-state index < -0.39 is 246 Å². The number of hydrogen-bond donors (Lipinski definition) is 18. The predicted molar refractivity (Wildman–Crippen MR) is 339 cm³/mol. The molecule has 6 fully saturated rings. The highest BCUT2D eigenvalue weighted by Gasteiger charge is 2.59. The molecule has 6 aliphatic heterocycles. The van der Waals surface area contributed by atoms with Crippen molar-refractivity contribution in [2.45, 2.75) is 322 Å². The van der Waals surface area contributed by atoms with E-state index in [0.717, 1.165) is 79.1 Å². The Balaban J connectivity index is 1.15. The number of ether oxygens (including phenoxy) is 12. The van der Waals surface area contributed by atoms with E-state index in [9.17, 15) is 90.4 Å². The van der Waals surface area contributed by atoms with Crippen molar-refractivity contribution in [2.24, 2.45) is 0 Å². The Morgan fingerprint density at radius 3 is 1.20 bits per heavy atom. The molecule has 18 N–H and O–H groups in total.